The van der Waals surface area contributed by atoms with Gasteiger partial charge in [-0.3, -0.25) is 9.97 Å². The molecule has 1 fully saturated rings. The van der Waals surface area contributed by atoms with Crippen molar-refractivity contribution in [3.05, 3.63) is 113 Å². The summed E-state index contributed by atoms with van der Waals surface area (Å²) >= 11 is 5.80. The van der Waals surface area contributed by atoms with Crippen LogP contribution in [0.2, 0.25) is 0 Å². The van der Waals surface area contributed by atoms with Gasteiger partial charge >= 0.3 is 0 Å². The lowest BCUT2D eigenvalue weighted by molar-refractivity contribution is 0.310. The standard InChI is InChI=1S/C26H24FN5S/c1-17-13-22(18(2)32(17)21-9-5-8-20(27)14-21)25-24(23-10-3-4-12-29-23)30-26(33)31(25)16-19-7-6-11-28-15-19/h3-15,24-25H,16H2,1-2H3,(H,30,33)/t24-,25-/m1/s1. The van der Waals surface area contributed by atoms with E-state index in [2.05, 4.69) is 43.8 Å². The van der Waals surface area contributed by atoms with Crippen LogP contribution in [0.25, 0.3) is 5.69 Å². The first-order valence-electron chi connectivity index (χ1n) is 10.8. The number of nitrogens with zero attached hydrogens (tertiary/aromatic N) is 4. The first kappa shape index (κ1) is 21.3. The predicted molar refractivity (Wildman–Crippen MR) is 130 cm³/mol. The van der Waals surface area contributed by atoms with E-state index >= 15 is 0 Å². The van der Waals surface area contributed by atoms with Crippen LogP contribution in [0.1, 0.15) is 40.3 Å². The minimum absolute atomic E-state index is 0.0823. The minimum atomic E-state index is -0.255. The molecule has 1 saturated heterocycles. The molecule has 1 aromatic carbocycles. The first-order valence-corrected chi connectivity index (χ1v) is 11.3. The second-order valence-corrected chi connectivity index (χ2v) is 8.64. The lowest BCUT2D eigenvalue weighted by Crippen LogP contribution is -2.29. The Morgan fingerprint density at radius 3 is 2.64 bits per heavy atom. The van der Waals surface area contributed by atoms with Gasteiger partial charge in [-0.15, -0.1) is 0 Å². The third-order valence-electron chi connectivity index (χ3n) is 6.13. The number of aryl methyl sites for hydroxylation is 1. The van der Waals surface area contributed by atoms with E-state index in [1.54, 1.807) is 24.5 Å². The summed E-state index contributed by atoms with van der Waals surface area (Å²) in [6, 6.07) is 18.6. The molecule has 1 aliphatic rings. The van der Waals surface area contributed by atoms with Crippen LogP contribution >= 0.6 is 12.2 Å². The molecule has 2 atom stereocenters. The fourth-order valence-corrected chi connectivity index (χ4v) is 5.01. The summed E-state index contributed by atoms with van der Waals surface area (Å²) in [6.07, 6.45) is 5.44. The molecule has 0 bridgehead atoms. The van der Waals surface area contributed by atoms with E-state index in [0.29, 0.717) is 11.7 Å². The molecular formula is C26H24FN5S. The van der Waals surface area contributed by atoms with Crippen molar-refractivity contribution in [1.29, 1.82) is 0 Å². The van der Waals surface area contributed by atoms with E-state index in [1.807, 2.05) is 43.5 Å². The molecule has 166 valence electrons. The van der Waals surface area contributed by atoms with E-state index < -0.39 is 0 Å². The fraction of sp³-hybridized carbons (Fsp3) is 0.192. The van der Waals surface area contributed by atoms with Crippen molar-refractivity contribution in [3.8, 4) is 5.69 Å². The van der Waals surface area contributed by atoms with E-state index in [0.717, 1.165) is 33.9 Å². The smallest absolute Gasteiger partial charge is 0.170 e. The first-order chi connectivity index (χ1) is 16.0. The third kappa shape index (κ3) is 4.00. The second-order valence-electron chi connectivity index (χ2n) is 8.26. The van der Waals surface area contributed by atoms with Crippen LogP contribution in [0.4, 0.5) is 4.39 Å². The SMILES string of the molecule is Cc1cc([C@@H]2[C@@H](c3ccccn3)NC(=S)N2Cc2cccnc2)c(C)n1-c1cccc(F)c1. The number of thiocarbonyl (C=S) groups is 1. The van der Waals surface area contributed by atoms with E-state index in [1.165, 1.54) is 6.07 Å². The van der Waals surface area contributed by atoms with Gasteiger partial charge in [-0.2, -0.15) is 0 Å². The predicted octanol–water partition coefficient (Wildman–Crippen LogP) is 5.20. The number of hydrogen-bond donors (Lipinski definition) is 1. The topological polar surface area (TPSA) is 46.0 Å². The van der Waals surface area contributed by atoms with Crippen molar-refractivity contribution >= 4 is 17.3 Å². The molecule has 5 nitrogen and oxygen atoms in total. The third-order valence-corrected chi connectivity index (χ3v) is 6.48. The Balaban J connectivity index is 1.62. The molecule has 0 saturated carbocycles. The summed E-state index contributed by atoms with van der Waals surface area (Å²) in [7, 11) is 0. The maximum Gasteiger partial charge on any atom is 0.170 e. The molecule has 4 heterocycles. The molecule has 4 aromatic rings. The normalized spacial score (nSPS) is 17.9. The number of aromatic nitrogens is 3. The van der Waals surface area contributed by atoms with Gasteiger partial charge in [-0.05, 0) is 79.7 Å². The highest BCUT2D eigenvalue weighted by molar-refractivity contribution is 7.80. The summed E-state index contributed by atoms with van der Waals surface area (Å²) in [5, 5.41) is 4.18. The molecule has 5 rings (SSSR count). The Kier molecular flexibility index (Phi) is 5.64. The van der Waals surface area contributed by atoms with Crippen LogP contribution in [0.5, 0.6) is 0 Å². The molecule has 0 aliphatic carbocycles. The number of rotatable bonds is 5. The van der Waals surface area contributed by atoms with Crippen LogP contribution in [0.15, 0.2) is 79.3 Å². The molecule has 3 aromatic heterocycles. The molecule has 0 spiro atoms. The van der Waals surface area contributed by atoms with Gasteiger partial charge in [0.25, 0.3) is 0 Å². The molecule has 33 heavy (non-hydrogen) atoms. The lowest BCUT2D eigenvalue weighted by Gasteiger charge is -2.28. The molecule has 0 radical (unpaired) electrons. The van der Waals surface area contributed by atoms with Gasteiger partial charge in [-0.1, -0.05) is 18.2 Å². The Bertz CT molecular complexity index is 1290. The number of hydrogen-bond acceptors (Lipinski definition) is 3. The van der Waals surface area contributed by atoms with Gasteiger partial charge in [0.05, 0.1) is 17.8 Å². The molecule has 1 N–H and O–H groups in total. The van der Waals surface area contributed by atoms with Gasteiger partial charge in [0.1, 0.15) is 5.82 Å². The second kappa shape index (κ2) is 8.75. The number of nitrogens with one attached hydrogen (secondary N) is 1. The van der Waals surface area contributed by atoms with E-state index in [4.69, 9.17) is 12.2 Å². The van der Waals surface area contributed by atoms with Crippen molar-refractivity contribution in [3.63, 3.8) is 0 Å². The number of halogens is 1. The van der Waals surface area contributed by atoms with Crippen molar-refractivity contribution in [2.75, 3.05) is 0 Å². The highest BCUT2D eigenvalue weighted by Gasteiger charge is 2.41. The molecule has 7 heteroatoms. The van der Waals surface area contributed by atoms with Gasteiger partial charge in [0, 0.05) is 42.2 Å². The van der Waals surface area contributed by atoms with Crippen molar-refractivity contribution in [2.24, 2.45) is 0 Å². The zero-order chi connectivity index (χ0) is 22.9. The zero-order valence-corrected chi connectivity index (χ0v) is 19.3. The van der Waals surface area contributed by atoms with Gasteiger partial charge < -0.3 is 14.8 Å². The van der Waals surface area contributed by atoms with Gasteiger partial charge in [0.2, 0.25) is 0 Å². The van der Waals surface area contributed by atoms with E-state index in [9.17, 15) is 4.39 Å². The molecule has 1 aliphatic heterocycles. The van der Waals surface area contributed by atoms with E-state index in [-0.39, 0.29) is 17.9 Å². The summed E-state index contributed by atoms with van der Waals surface area (Å²) in [5.41, 5.74) is 6.02. The fourth-order valence-electron chi connectivity index (χ4n) is 4.70. The van der Waals surface area contributed by atoms with Crippen molar-refractivity contribution in [1.82, 2.24) is 24.8 Å². The number of pyridine rings is 2. The molecular weight excluding hydrogens is 433 g/mol. The lowest BCUT2D eigenvalue weighted by atomic mass is 9.96. The van der Waals surface area contributed by atoms with Crippen LogP contribution in [-0.4, -0.2) is 24.5 Å². The van der Waals surface area contributed by atoms with Gasteiger partial charge in [-0.25, -0.2) is 4.39 Å². The van der Waals surface area contributed by atoms with Crippen LogP contribution in [0, 0.1) is 19.7 Å². The van der Waals surface area contributed by atoms with Crippen molar-refractivity contribution < 1.29 is 4.39 Å². The van der Waals surface area contributed by atoms with Crippen LogP contribution in [-0.2, 0) is 6.54 Å². The maximum absolute atomic E-state index is 14.0. The molecule has 0 amide bonds. The summed E-state index contributed by atoms with van der Waals surface area (Å²) in [5.74, 6) is -0.255. The Hall–Kier alpha value is -3.58. The summed E-state index contributed by atoms with van der Waals surface area (Å²) in [4.78, 5) is 11.1. The average molecular weight is 458 g/mol. The Morgan fingerprint density at radius 1 is 1.03 bits per heavy atom. The highest BCUT2D eigenvalue weighted by Crippen LogP contribution is 2.42. The van der Waals surface area contributed by atoms with Gasteiger partial charge in [0.15, 0.2) is 5.11 Å². The van der Waals surface area contributed by atoms with Crippen molar-refractivity contribution in [2.45, 2.75) is 32.5 Å². The van der Waals surface area contributed by atoms with Crippen LogP contribution in [0.3, 0.4) is 0 Å². The molecule has 0 unspecified atom stereocenters. The van der Waals surface area contributed by atoms with Crippen LogP contribution < -0.4 is 5.32 Å². The summed E-state index contributed by atoms with van der Waals surface area (Å²) < 4.78 is 16.1. The quantitative estimate of drug-likeness (QED) is 0.418. The number of benzene rings is 1. The minimum Gasteiger partial charge on any atom is -0.352 e. The Labute approximate surface area is 197 Å². The Morgan fingerprint density at radius 2 is 1.91 bits per heavy atom. The summed E-state index contributed by atoms with van der Waals surface area (Å²) in [6.45, 7) is 4.74. The highest BCUT2D eigenvalue weighted by atomic mass is 32.1. The maximum atomic E-state index is 14.0. The monoisotopic (exact) mass is 457 g/mol. The average Bonchev–Trinajstić information content (AvgIpc) is 3.30. The zero-order valence-electron chi connectivity index (χ0n) is 18.4. The largest absolute Gasteiger partial charge is 0.352 e.